The Labute approximate surface area is 54.7 Å². The fourth-order valence-corrected chi connectivity index (χ4v) is 0.324. The molecule has 9 heavy (non-hydrogen) atoms. The Morgan fingerprint density at radius 2 is 2.44 bits per heavy atom. The molecule has 0 aromatic rings. The van der Waals surface area contributed by atoms with Gasteiger partial charge in [-0.3, -0.25) is 5.32 Å². The van der Waals surface area contributed by atoms with Crippen molar-refractivity contribution in [2.75, 3.05) is 6.61 Å². The van der Waals surface area contributed by atoms with Gasteiger partial charge in [0.1, 0.15) is 0 Å². The molecule has 0 aromatic heterocycles. The van der Waals surface area contributed by atoms with Crippen molar-refractivity contribution >= 4 is 6.09 Å². The van der Waals surface area contributed by atoms with Gasteiger partial charge in [-0.15, -0.1) is 0 Å². The van der Waals surface area contributed by atoms with Gasteiger partial charge >= 0.3 is 6.09 Å². The maximum absolute atomic E-state index is 10.4. The maximum atomic E-state index is 10.4. The van der Waals surface area contributed by atoms with Crippen LogP contribution in [0.5, 0.6) is 0 Å². The molecule has 0 bridgehead atoms. The van der Waals surface area contributed by atoms with Gasteiger partial charge in [0.2, 0.25) is 0 Å². The molecule has 3 nitrogen and oxygen atoms in total. The highest BCUT2D eigenvalue weighted by molar-refractivity contribution is 5.68. The van der Waals surface area contributed by atoms with Crippen LogP contribution in [0.4, 0.5) is 4.79 Å². The minimum Gasteiger partial charge on any atom is -0.450 e. The fraction of sp³-hybridized carbons (Fsp3) is 0.500. The van der Waals surface area contributed by atoms with Gasteiger partial charge in [0.05, 0.1) is 6.61 Å². The van der Waals surface area contributed by atoms with Gasteiger partial charge in [-0.05, 0) is 13.8 Å². The van der Waals surface area contributed by atoms with Crippen molar-refractivity contribution in [1.29, 1.82) is 0 Å². The summed E-state index contributed by atoms with van der Waals surface area (Å²) in [6.45, 7) is 3.98. The number of amides is 1. The Bertz CT molecular complexity index is 110. The van der Waals surface area contributed by atoms with Crippen LogP contribution >= 0.6 is 0 Å². The zero-order chi connectivity index (χ0) is 7.11. The third-order valence-electron chi connectivity index (χ3n) is 0.643. The van der Waals surface area contributed by atoms with E-state index < -0.39 is 6.09 Å². The highest BCUT2D eigenvalue weighted by atomic mass is 16.5. The van der Waals surface area contributed by atoms with Crippen LogP contribution in [0.3, 0.4) is 0 Å². The van der Waals surface area contributed by atoms with Gasteiger partial charge in [-0.25, -0.2) is 4.79 Å². The summed E-state index contributed by atoms with van der Waals surface area (Å²) in [6.07, 6.45) is 2.84. The molecule has 1 amide bonds. The highest BCUT2D eigenvalue weighted by Gasteiger charge is 1.91. The second-order valence-electron chi connectivity index (χ2n) is 1.36. The van der Waals surface area contributed by atoms with Crippen molar-refractivity contribution in [1.82, 2.24) is 5.32 Å². The first-order valence-electron chi connectivity index (χ1n) is 2.85. The number of ether oxygens (including phenoxy) is 1. The van der Waals surface area contributed by atoms with Crippen LogP contribution in [-0.2, 0) is 4.74 Å². The zero-order valence-electron chi connectivity index (χ0n) is 5.68. The number of nitrogens with one attached hydrogen (secondary N) is 1. The van der Waals surface area contributed by atoms with Gasteiger partial charge in [-0.1, -0.05) is 6.08 Å². The predicted molar refractivity (Wildman–Crippen MR) is 35.0 cm³/mol. The first-order valence-corrected chi connectivity index (χ1v) is 2.85. The zero-order valence-corrected chi connectivity index (χ0v) is 5.68. The second-order valence-corrected chi connectivity index (χ2v) is 1.36. The molecule has 0 heterocycles. The number of hydrogen-bond donors (Lipinski definition) is 1. The van der Waals surface area contributed by atoms with E-state index in [1.54, 1.807) is 13.0 Å². The Balaban J connectivity index is 3.27. The Hall–Kier alpha value is -0.990. The Kier molecular flexibility index (Phi) is 4.59. The van der Waals surface area contributed by atoms with E-state index in [1.165, 1.54) is 6.20 Å². The SMILES string of the molecule is C/C=C/NC(=O)OCC. The minimum atomic E-state index is -0.407. The smallest absolute Gasteiger partial charge is 0.411 e. The summed E-state index contributed by atoms with van der Waals surface area (Å²) in [6, 6.07) is 0. The molecule has 0 atom stereocenters. The maximum Gasteiger partial charge on any atom is 0.411 e. The van der Waals surface area contributed by atoms with Crippen LogP contribution in [0, 0.1) is 0 Å². The summed E-state index contributed by atoms with van der Waals surface area (Å²) < 4.78 is 4.54. The Morgan fingerprint density at radius 1 is 1.78 bits per heavy atom. The number of hydrogen-bond acceptors (Lipinski definition) is 2. The fourth-order valence-electron chi connectivity index (χ4n) is 0.324. The van der Waals surface area contributed by atoms with Crippen LogP contribution in [0.25, 0.3) is 0 Å². The average molecular weight is 129 g/mol. The molecule has 1 N–H and O–H groups in total. The van der Waals surface area contributed by atoms with Crippen molar-refractivity contribution in [3.8, 4) is 0 Å². The number of carbonyl (C=O) groups excluding carboxylic acids is 1. The number of carbonyl (C=O) groups is 1. The van der Waals surface area contributed by atoms with Crippen molar-refractivity contribution in [3.05, 3.63) is 12.3 Å². The van der Waals surface area contributed by atoms with Crippen LogP contribution < -0.4 is 5.32 Å². The summed E-state index contributed by atoms with van der Waals surface area (Å²) >= 11 is 0. The topological polar surface area (TPSA) is 38.3 Å². The molecule has 3 heteroatoms. The van der Waals surface area contributed by atoms with Crippen LogP contribution in [0.15, 0.2) is 12.3 Å². The lowest BCUT2D eigenvalue weighted by Crippen LogP contribution is -2.17. The van der Waals surface area contributed by atoms with Crippen LogP contribution in [0.1, 0.15) is 13.8 Å². The van der Waals surface area contributed by atoms with Crippen molar-refractivity contribution in [2.45, 2.75) is 13.8 Å². The molecular weight excluding hydrogens is 118 g/mol. The lowest BCUT2D eigenvalue weighted by atomic mass is 10.7. The molecule has 0 radical (unpaired) electrons. The monoisotopic (exact) mass is 129 g/mol. The average Bonchev–Trinajstić information content (AvgIpc) is 1.85. The largest absolute Gasteiger partial charge is 0.450 e. The van der Waals surface area contributed by atoms with E-state index in [-0.39, 0.29) is 0 Å². The molecule has 0 fully saturated rings. The van der Waals surface area contributed by atoms with Gasteiger partial charge in [0.25, 0.3) is 0 Å². The molecule has 0 aromatic carbocycles. The summed E-state index contributed by atoms with van der Waals surface area (Å²) in [5.41, 5.74) is 0. The summed E-state index contributed by atoms with van der Waals surface area (Å²) in [5.74, 6) is 0. The molecule has 0 unspecified atom stereocenters. The standard InChI is InChI=1S/C6H11NO2/c1-3-5-7-6(8)9-4-2/h3,5H,4H2,1-2H3,(H,7,8)/b5-3+. The number of allylic oxidation sites excluding steroid dienone is 1. The first kappa shape index (κ1) is 8.01. The first-order chi connectivity index (χ1) is 4.31. The van der Waals surface area contributed by atoms with Crippen molar-refractivity contribution < 1.29 is 9.53 Å². The Morgan fingerprint density at radius 3 is 2.89 bits per heavy atom. The van der Waals surface area contributed by atoms with Crippen molar-refractivity contribution in [2.24, 2.45) is 0 Å². The van der Waals surface area contributed by atoms with Gasteiger partial charge < -0.3 is 4.74 Å². The molecule has 0 saturated heterocycles. The van der Waals surface area contributed by atoms with Crippen LogP contribution in [0.2, 0.25) is 0 Å². The van der Waals surface area contributed by atoms with Crippen LogP contribution in [-0.4, -0.2) is 12.7 Å². The van der Waals surface area contributed by atoms with Gasteiger partial charge in [-0.2, -0.15) is 0 Å². The molecule has 0 aliphatic carbocycles. The lowest BCUT2D eigenvalue weighted by molar-refractivity contribution is 0.156. The van der Waals surface area contributed by atoms with E-state index in [0.717, 1.165) is 0 Å². The van der Waals surface area contributed by atoms with Gasteiger partial charge in [0, 0.05) is 6.20 Å². The molecule has 0 rings (SSSR count). The second kappa shape index (κ2) is 5.15. The molecule has 0 aliphatic rings. The normalized spacial score (nSPS) is 9.56. The highest BCUT2D eigenvalue weighted by Crippen LogP contribution is 1.74. The lowest BCUT2D eigenvalue weighted by Gasteiger charge is -1.97. The third kappa shape index (κ3) is 4.87. The molecule has 0 saturated carbocycles. The predicted octanol–water partition coefficient (Wildman–Crippen LogP) is 1.27. The van der Waals surface area contributed by atoms with Gasteiger partial charge in [0.15, 0.2) is 0 Å². The molecule has 0 aliphatic heterocycles. The summed E-state index contributed by atoms with van der Waals surface area (Å²) in [7, 11) is 0. The quantitative estimate of drug-likeness (QED) is 0.609. The third-order valence-corrected chi connectivity index (χ3v) is 0.643. The van der Waals surface area contributed by atoms with E-state index in [0.29, 0.717) is 6.61 Å². The van der Waals surface area contributed by atoms with E-state index in [2.05, 4.69) is 10.1 Å². The number of alkyl carbamates (subject to hydrolysis) is 1. The van der Waals surface area contributed by atoms with E-state index >= 15 is 0 Å². The van der Waals surface area contributed by atoms with E-state index in [4.69, 9.17) is 0 Å². The van der Waals surface area contributed by atoms with E-state index in [9.17, 15) is 4.79 Å². The minimum absolute atomic E-state index is 0.406. The van der Waals surface area contributed by atoms with Crippen molar-refractivity contribution in [3.63, 3.8) is 0 Å². The summed E-state index contributed by atoms with van der Waals surface area (Å²) in [5, 5.41) is 2.39. The summed E-state index contributed by atoms with van der Waals surface area (Å²) in [4.78, 5) is 10.4. The molecular formula is C6H11NO2. The molecule has 0 spiro atoms. The molecule has 52 valence electrons. The van der Waals surface area contributed by atoms with E-state index in [1.807, 2.05) is 6.92 Å². The number of rotatable bonds is 2.